The lowest BCUT2D eigenvalue weighted by Gasteiger charge is -2.27. The van der Waals surface area contributed by atoms with E-state index >= 15 is 0 Å². The van der Waals surface area contributed by atoms with E-state index in [1.807, 2.05) is 0 Å². The van der Waals surface area contributed by atoms with Crippen LogP contribution < -0.4 is 0 Å². The molecule has 1 fully saturated rings. The Bertz CT molecular complexity index is 702. The molecule has 2 aliphatic heterocycles. The number of aromatic carboxylic acids is 1. The molecule has 0 radical (unpaired) electrons. The lowest BCUT2D eigenvalue weighted by Crippen LogP contribution is -2.39. The van der Waals surface area contributed by atoms with Crippen LogP contribution in [0.1, 0.15) is 32.5 Å². The first-order chi connectivity index (χ1) is 11.0. The Morgan fingerprint density at radius 1 is 1.57 bits per heavy atom. The third-order valence-corrected chi connectivity index (χ3v) is 4.74. The van der Waals surface area contributed by atoms with Crippen LogP contribution in [0.2, 0.25) is 0 Å². The number of carboxylic acids is 1. The van der Waals surface area contributed by atoms with Crippen LogP contribution in [0.25, 0.3) is 0 Å². The van der Waals surface area contributed by atoms with Crippen molar-refractivity contribution in [3.05, 3.63) is 28.2 Å². The van der Waals surface area contributed by atoms with Crippen LogP contribution in [0.5, 0.6) is 0 Å². The van der Waals surface area contributed by atoms with E-state index in [2.05, 4.69) is 11.6 Å². The van der Waals surface area contributed by atoms with E-state index in [-0.39, 0.29) is 23.9 Å². The standard InChI is InChI=1S/C13H13N3O6S/c1-3-4-22-16-6-5-15(13(16)20)8(12(19)21-2)7-9(6)23-10(14-7)11(17)18/h3,6,8H,1,4-5H2,2H3,(H,17,18)/t6-,8+/m0/s1. The number of hydrogen-bond donors (Lipinski definition) is 1. The molecule has 0 unspecified atom stereocenters. The van der Waals surface area contributed by atoms with Crippen molar-refractivity contribution in [1.82, 2.24) is 14.9 Å². The molecule has 2 bridgehead atoms. The van der Waals surface area contributed by atoms with Crippen molar-refractivity contribution in [2.45, 2.75) is 12.1 Å². The normalized spacial score (nSPS) is 22.0. The van der Waals surface area contributed by atoms with Gasteiger partial charge in [0.1, 0.15) is 6.04 Å². The lowest BCUT2D eigenvalue weighted by atomic mass is 10.0. The van der Waals surface area contributed by atoms with Crippen molar-refractivity contribution in [3.8, 4) is 0 Å². The van der Waals surface area contributed by atoms with E-state index in [1.54, 1.807) is 0 Å². The molecule has 23 heavy (non-hydrogen) atoms. The molecule has 0 spiro atoms. The summed E-state index contributed by atoms with van der Waals surface area (Å²) in [5, 5.41) is 10.1. The van der Waals surface area contributed by atoms with E-state index in [0.717, 1.165) is 16.4 Å². The van der Waals surface area contributed by atoms with Gasteiger partial charge in [0.25, 0.3) is 0 Å². The van der Waals surface area contributed by atoms with Crippen molar-refractivity contribution in [2.75, 3.05) is 20.3 Å². The number of fused-ring (bicyclic) bond motifs is 4. The van der Waals surface area contributed by atoms with Gasteiger partial charge in [-0.3, -0.25) is 4.84 Å². The molecule has 3 rings (SSSR count). The first-order valence-corrected chi connectivity index (χ1v) is 7.46. The van der Waals surface area contributed by atoms with Gasteiger partial charge in [0.05, 0.1) is 30.8 Å². The molecule has 1 saturated heterocycles. The summed E-state index contributed by atoms with van der Waals surface area (Å²) in [4.78, 5) is 46.9. The second kappa shape index (κ2) is 5.63. The molecule has 1 aromatic rings. The van der Waals surface area contributed by atoms with Crippen LogP contribution in [-0.4, -0.2) is 58.3 Å². The van der Waals surface area contributed by atoms with Crippen LogP contribution in [-0.2, 0) is 14.4 Å². The van der Waals surface area contributed by atoms with Gasteiger partial charge in [-0.25, -0.2) is 19.4 Å². The lowest BCUT2D eigenvalue weighted by molar-refractivity contribution is -0.146. The zero-order valence-corrected chi connectivity index (χ0v) is 12.9. The molecule has 122 valence electrons. The number of esters is 1. The van der Waals surface area contributed by atoms with E-state index in [4.69, 9.17) is 14.7 Å². The Morgan fingerprint density at radius 3 is 2.91 bits per heavy atom. The maximum Gasteiger partial charge on any atom is 0.365 e. The first-order valence-electron chi connectivity index (χ1n) is 6.65. The molecule has 0 aromatic carbocycles. The number of nitrogens with zero attached hydrogens (tertiary/aromatic N) is 3. The molecule has 1 N–H and O–H groups in total. The van der Waals surface area contributed by atoms with E-state index < -0.39 is 30.1 Å². The highest BCUT2D eigenvalue weighted by Crippen LogP contribution is 2.46. The predicted octanol–water partition coefficient (Wildman–Crippen LogP) is 0.965. The minimum Gasteiger partial charge on any atom is -0.476 e. The number of hydrogen-bond acceptors (Lipinski definition) is 7. The molecule has 0 aliphatic carbocycles. The highest BCUT2D eigenvalue weighted by atomic mass is 32.1. The van der Waals surface area contributed by atoms with Gasteiger partial charge in [-0.1, -0.05) is 6.08 Å². The summed E-state index contributed by atoms with van der Waals surface area (Å²) in [5.74, 6) is -1.87. The van der Waals surface area contributed by atoms with E-state index in [0.29, 0.717) is 4.88 Å². The predicted molar refractivity (Wildman–Crippen MR) is 76.7 cm³/mol. The summed E-state index contributed by atoms with van der Waals surface area (Å²) in [6.45, 7) is 3.83. The Morgan fingerprint density at radius 2 is 2.30 bits per heavy atom. The Balaban J connectivity index is 2.08. The quantitative estimate of drug-likeness (QED) is 0.628. The van der Waals surface area contributed by atoms with Crippen molar-refractivity contribution in [1.29, 1.82) is 0 Å². The number of hydroxylamine groups is 2. The summed E-state index contributed by atoms with van der Waals surface area (Å²) < 4.78 is 4.74. The molecular formula is C13H13N3O6S. The molecule has 2 amide bonds. The third-order valence-electron chi connectivity index (χ3n) is 3.58. The molecule has 0 saturated carbocycles. The van der Waals surface area contributed by atoms with Gasteiger partial charge < -0.3 is 14.7 Å². The monoisotopic (exact) mass is 339 g/mol. The number of amides is 2. The van der Waals surface area contributed by atoms with Crippen LogP contribution in [0, 0.1) is 0 Å². The van der Waals surface area contributed by atoms with Crippen molar-refractivity contribution < 1.29 is 29.1 Å². The van der Waals surface area contributed by atoms with Crippen LogP contribution >= 0.6 is 11.3 Å². The highest BCUT2D eigenvalue weighted by molar-refractivity contribution is 7.13. The number of aromatic nitrogens is 1. The molecule has 2 atom stereocenters. The number of ether oxygens (including phenoxy) is 1. The molecule has 10 heteroatoms. The summed E-state index contributed by atoms with van der Waals surface area (Å²) >= 11 is 0.929. The average Bonchev–Trinajstić information content (AvgIpc) is 3.08. The smallest absolute Gasteiger partial charge is 0.365 e. The fourth-order valence-electron chi connectivity index (χ4n) is 2.65. The van der Waals surface area contributed by atoms with Crippen LogP contribution in [0.15, 0.2) is 12.7 Å². The second-order valence-electron chi connectivity index (χ2n) is 4.86. The number of thiazole rings is 1. The van der Waals surface area contributed by atoms with Gasteiger partial charge in [-0.2, -0.15) is 5.06 Å². The van der Waals surface area contributed by atoms with E-state index in [1.165, 1.54) is 18.1 Å². The summed E-state index contributed by atoms with van der Waals surface area (Å²) in [7, 11) is 1.20. The van der Waals surface area contributed by atoms with Crippen molar-refractivity contribution >= 4 is 29.3 Å². The molecule has 1 aromatic heterocycles. The number of carbonyl (C=O) groups excluding carboxylic acids is 2. The summed E-state index contributed by atoms with van der Waals surface area (Å²) in [6, 6.07) is -2.07. The number of urea groups is 1. The van der Waals surface area contributed by atoms with Crippen LogP contribution in [0.3, 0.4) is 0 Å². The maximum atomic E-state index is 12.5. The zero-order valence-electron chi connectivity index (χ0n) is 12.1. The topological polar surface area (TPSA) is 109 Å². The second-order valence-corrected chi connectivity index (χ2v) is 5.89. The Hall–Kier alpha value is -2.46. The minimum absolute atomic E-state index is 0.110. The molecular weight excluding hydrogens is 326 g/mol. The fraction of sp³-hybridized carbons (Fsp3) is 0.385. The number of carbonyl (C=O) groups is 3. The van der Waals surface area contributed by atoms with Gasteiger partial charge >= 0.3 is 18.0 Å². The summed E-state index contributed by atoms with van der Waals surface area (Å²) in [6.07, 6.45) is 1.49. The maximum absolute atomic E-state index is 12.5. The molecule has 3 heterocycles. The zero-order chi connectivity index (χ0) is 16.7. The van der Waals surface area contributed by atoms with Gasteiger partial charge in [0.2, 0.25) is 5.01 Å². The Kier molecular flexibility index (Phi) is 3.78. The van der Waals surface area contributed by atoms with Crippen molar-refractivity contribution in [3.63, 3.8) is 0 Å². The van der Waals surface area contributed by atoms with E-state index in [9.17, 15) is 14.4 Å². The molecule has 9 nitrogen and oxygen atoms in total. The third kappa shape index (κ3) is 2.26. The number of rotatable bonds is 5. The van der Waals surface area contributed by atoms with Gasteiger partial charge in [0.15, 0.2) is 6.04 Å². The minimum atomic E-state index is -1.19. The average molecular weight is 339 g/mol. The van der Waals surface area contributed by atoms with Crippen molar-refractivity contribution in [2.24, 2.45) is 0 Å². The number of methoxy groups -OCH3 is 1. The largest absolute Gasteiger partial charge is 0.476 e. The summed E-state index contributed by atoms with van der Waals surface area (Å²) in [5.41, 5.74) is 0.230. The van der Waals surface area contributed by atoms with Gasteiger partial charge in [-0.05, 0) is 0 Å². The highest BCUT2D eigenvalue weighted by Gasteiger charge is 2.53. The SMILES string of the molecule is C=CCON1C(=O)N2C[C@H]1c1sc(C(=O)O)nc1[C@@H]2C(=O)OC. The first kappa shape index (κ1) is 15.4. The fourth-order valence-corrected chi connectivity index (χ4v) is 3.66. The van der Waals surface area contributed by atoms with Gasteiger partial charge in [0, 0.05) is 0 Å². The van der Waals surface area contributed by atoms with Crippen LogP contribution in [0.4, 0.5) is 4.79 Å². The Labute approximate surface area is 134 Å². The number of carboxylic acid groups (broad SMARTS) is 1. The van der Waals surface area contributed by atoms with Gasteiger partial charge in [-0.15, -0.1) is 17.9 Å². The molecule has 2 aliphatic rings.